The zero-order chi connectivity index (χ0) is 10.8. The van der Waals surface area contributed by atoms with E-state index in [1.807, 2.05) is 0 Å². The van der Waals surface area contributed by atoms with Crippen LogP contribution in [0.15, 0.2) is 9.59 Å². The quantitative estimate of drug-likeness (QED) is 0.699. The fourth-order valence-electron chi connectivity index (χ4n) is 1.80. The van der Waals surface area contributed by atoms with Crippen LogP contribution in [0.2, 0.25) is 0 Å². The maximum atomic E-state index is 11.5. The van der Waals surface area contributed by atoms with Crippen molar-refractivity contribution in [3.05, 3.63) is 32.1 Å². The number of nitrogens with one attached hydrogen (secondary N) is 1. The number of aromatic nitrogens is 2. The Kier molecular flexibility index (Phi) is 2.97. The van der Waals surface area contributed by atoms with Crippen molar-refractivity contribution < 1.29 is 0 Å². The van der Waals surface area contributed by atoms with Gasteiger partial charge >= 0.3 is 5.69 Å². The largest absolute Gasteiger partial charge is 0.329 e. The highest BCUT2D eigenvalue weighted by Gasteiger charge is 2.17. The molecule has 0 spiro atoms. The number of hydrogen-bond acceptors (Lipinski definition) is 4. The van der Waals surface area contributed by atoms with Crippen LogP contribution in [0.3, 0.4) is 0 Å². The second kappa shape index (κ2) is 4.24. The molecule has 1 aliphatic heterocycles. The third-order valence-electron chi connectivity index (χ3n) is 2.50. The van der Waals surface area contributed by atoms with Gasteiger partial charge in [0.15, 0.2) is 0 Å². The zero-order valence-corrected chi connectivity index (χ0v) is 9.10. The lowest BCUT2D eigenvalue weighted by Crippen LogP contribution is -2.38. The van der Waals surface area contributed by atoms with Crippen LogP contribution in [-0.4, -0.2) is 21.8 Å². The van der Waals surface area contributed by atoms with Crippen molar-refractivity contribution in [2.24, 2.45) is 5.73 Å². The smallest absolute Gasteiger partial charge is 0.328 e. The van der Waals surface area contributed by atoms with Gasteiger partial charge in [-0.25, -0.2) is 4.79 Å². The first-order chi connectivity index (χ1) is 7.24. The molecule has 1 aromatic rings. The van der Waals surface area contributed by atoms with E-state index in [4.69, 9.17) is 5.73 Å². The molecule has 0 aliphatic carbocycles. The molecule has 3 N–H and O–H groups in total. The van der Waals surface area contributed by atoms with Gasteiger partial charge in [-0.1, -0.05) is 0 Å². The zero-order valence-electron chi connectivity index (χ0n) is 8.28. The molecule has 0 atom stereocenters. The van der Waals surface area contributed by atoms with Crippen molar-refractivity contribution in [3.8, 4) is 0 Å². The average molecular weight is 227 g/mol. The first-order valence-electron chi connectivity index (χ1n) is 4.86. The van der Waals surface area contributed by atoms with Crippen LogP contribution in [0.1, 0.15) is 11.3 Å². The fourth-order valence-corrected chi connectivity index (χ4v) is 2.78. The first kappa shape index (κ1) is 10.5. The number of H-pyrrole nitrogens is 1. The van der Waals surface area contributed by atoms with Gasteiger partial charge in [-0.05, 0) is 12.2 Å². The molecule has 15 heavy (non-hydrogen) atoms. The van der Waals surface area contributed by atoms with Gasteiger partial charge in [-0.15, -0.1) is 0 Å². The second-order valence-electron chi connectivity index (χ2n) is 3.43. The summed E-state index contributed by atoms with van der Waals surface area (Å²) in [6.45, 7) is 0.883. The Labute approximate surface area is 90.7 Å². The summed E-state index contributed by atoms with van der Waals surface area (Å²) in [7, 11) is 0. The molecular weight excluding hydrogens is 214 g/mol. The topological polar surface area (TPSA) is 80.9 Å². The predicted molar refractivity (Wildman–Crippen MR) is 60.2 cm³/mol. The number of thioether (sulfide) groups is 1. The number of nitrogens with two attached hydrogens (primary N) is 1. The van der Waals surface area contributed by atoms with E-state index in [1.54, 1.807) is 16.3 Å². The molecule has 0 saturated carbocycles. The molecule has 0 saturated heterocycles. The van der Waals surface area contributed by atoms with Gasteiger partial charge in [0.25, 0.3) is 5.56 Å². The molecule has 6 heteroatoms. The lowest BCUT2D eigenvalue weighted by Gasteiger charge is -2.18. The molecule has 0 radical (unpaired) electrons. The van der Waals surface area contributed by atoms with Crippen molar-refractivity contribution in [2.75, 3.05) is 12.3 Å². The lowest BCUT2D eigenvalue weighted by atomic mass is 10.2. The van der Waals surface area contributed by atoms with E-state index in [1.165, 1.54) is 0 Å². The molecule has 1 aromatic heterocycles. The highest BCUT2D eigenvalue weighted by molar-refractivity contribution is 7.98. The molecule has 0 unspecified atom stereocenters. The standard InChI is InChI=1S/C9H13N3O2S/c10-2-3-12-7-1-4-15-5-6(7)8(13)11-9(12)14/h1-5,10H2,(H,11,13,14). The van der Waals surface area contributed by atoms with Crippen LogP contribution >= 0.6 is 11.8 Å². The summed E-state index contributed by atoms with van der Waals surface area (Å²) in [4.78, 5) is 25.4. The predicted octanol–water partition coefficient (Wildman–Crippen LogP) is -0.715. The minimum absolute atomic E-state index is 0.240. The Hall–Kier alpha value is -1.01. The molecule has 2 heterocycles. The SMILES string of the molecule is NCCn1c2c(c(=O)[nH]c1=O)CSCC2. The summed E-state index contributed by atoms with van der Waals surface area (Å²) in [6, 6.07) is 0. The summed E-state index contributed by atoms with van der Waals surface area (Å²) in [5.74, 6) is 1.65. The van der Waals surface area contributed by atoms with E-state index >= 15 is 0 Å². The molecule has 2 rings (SSSR count). The van der Waals surface area contributed by atoms with E-state index in [2.05, 4.69) is 4.98 Å². The molecular formula is C9H13N3O2S. The van der Waals surface area contributed by atoms with E-state index < -0.39 is 0 Å². The number of nitrogens with zero attached hydrogens (tertiary/aromatic N) is 1. The maximum Gasteiger partial charge on any atom is 0.328 e. The van der Waals surface area contributed by atoms with Gasteiger partial charge in [0.1, 0.15) is 0 Å². The van der Waals surface area contributed by atoms with E-state index in [0.29, 0.717) is 18.8 Å². The van der Waals surface area contributed by atoms with Crippen molar-refractivity contribution in [2.45, 2.75) is 18.7 Å². The second-order valence-corrected chi connectivity index (χ2v) is 4.53. The summed E-state index contributed by atoms with van der Waals surface area (Å²) in [5.41, 5.74) is 6.47. The Morgan fingerprint density at radius 2 is 2.27 bits per heavy atom. The Morgan fingerprint density at radius 3 is 3.00 bits per heavy atom. The molecule has 82 valence electrons. The summed E-state index contributed by atoms with van der Waals surface area (Å²) >= 11 is 1.72. The van der Waals surface area contributed by atoms with Crippen LogP contribution in [0.4, 0.5) is 0 Å². The monoisotopic (exact) mass is 227 g/mol. The summed E-state index contributed by atoms with van der Waals surface area (Å²) in [6.07, 6.45) is 0.777. The van der Waals surface area contributed by atoms with Crippen molar-refractivity contribution >= 4 is 11.8 Å². The number of fused-ring (bicyclic) bond motifs is 1. The number of hydrogen-bond donors (Lipinski definition) is 2. The highest BCUT2D eigenvalue weighted by Crippen LogP contribution is 2.20. The Bertz CT molecular complexity index is 477. The average Bonchev–Trinajstić information content (AvgIpc) is 2.24. The van der Waals surface area contributed by atoms with Crippen LogP contribution in [0, 0.1) is 0 Å². The van der Waals surface area contributed by atoms with Crippen LogP contribution in [-0.2, 0) is 18.7 Å². The Morgan fingerprint density at radius 1 is 1.47 bits per heavy atom. The number of rotatable bonds is 2. The van der Waals surface area contributed by atoms with Gasteiger partial charge in [0.05, 0.1) is 0 Å². The normalized spacial score (nSPS) is 15.0. The van der Waals surface area contributed by atoms with Gasteiger partial charge in [0, 0.05) is 30.1 Å². The van der Waals surface area contributed by atoms with Crippen molar-refractivity contribution in [1.29, 1.82) is 0 Å². The van der Waals surface area contributed by atoms with E-state index in [-0.39, 0.29) is 11.2 Å². The van der Waals surface area contributed by atoms with Gasteiger partial charge in [0.2, 0.25) is 0 Å². The molecule has 0 amide bonds. The van der Waals surface area contributed by atoms with E-state index in [0.717, 1.165) is 23.4 Å². The van der Waals surface area contributed by atoms with Crippen molar-refractivity contribution in [1.82, 2.24) is 9.55 Å². The first-order valence-corrected chi connectivity index (χ1v) is 6.02. The summed E-state index contributed by atoms with van der Waals surface area (Å²) < 4.78 is 1.59. The third-order valence-corrected chi connectivity index (χ3v) is 3.48. The third kappa shape index (κ3) is 1.87. The number of aromatic amines is 1. The summed E-state index contributed by atoms with van der Waals surface area (Å²) in [5, 5.41) is 0. The lowest BCUT2D eigenvalue weighted by molar-refractivity contribution is 0.613. The van der Waals surface area contributed by atoms with Gasteiger partial charge in [-0.2, -0.15) is 11.8 Å². The van der Waals surface area contributed by atoms with Crippen LogP contribution in [0.25, 0.3) is 0 Å². The minimum Gasteiger partial charge on any atom is -0.329 e. The molecule has 5 nitrogen and oxygen atoms in total. The molecule has 1 aliphatic rings. The van der Waals surface area contributed by atoms with Gasteiger partial charge in [-0.3, -0.25) is 14.3 Å². The highest BCUT2D eigenvalue weighted by atomic mass is 32.2. The molecule has 0 fully saturated rings. The van der Waals surface area contributed by atoms with Crippen molar-refractivity contribution in [3.63, 3.8) is 0 Å². The van der Waals surface area contributed by atoms with Crippen LogP contribution in [0.5, 0.6) is 0 Å². The van der Waals surface area contributed by atoms with E-state index in [9.17, 15) is 9.59 Å². The molecule has 0 aromatic carbocycles. The Balaban J connectivity index is 2.63. The fraction of sp³-hybridized carbons (Fsp3) is 0.556. The minimum atomic E-state index is -0.337. The van der Waals surface area contributed by atoms with Crippen LogP contribution < -0.4 is 17.0 Å². The maximum absolute atomic E-state index is 11.5. The van der Waals surface area contributed by atoms with Gasteiger partial charge < -0.3 is 5.73 Å². The molecule has 0 bridgehead atoms.